The van der Waals surface area contributed by atoms with E-state index in [4.69, 9.17) is 5.73 Å². The predicted molar refractivity (Wildman–Crippen MR) is 74.6 cm³/mol. The molecule has 1 aliphatic rings. The van der Waals surface area contributed by atoms with E-state index in [-0.39, 0.29) is 5.91 Å². The largest absolute Gasteiger partial charge is 0.349 e. The molecule has 1 aliphatic carbocycles. The molecule has 0 radical (unpaired) electrons. The Bertz CT molecular complexity index is 504. The number of nitrogens with two attached hydrogens (primary N) is 1. The number of nitrogens with one attached hydrogen (secondary N) is 1. The number of hydrogen-bond acceptors (Lipinski definition) is 3. The van der Waals surface area contributed by atoms with Crippen LogP contribution in [-0.2, 0) is 0 Å². The number of carbonyl (C=O) groups excluding carboxylic acids is 1. The maximum Gasteiger partial charge on any atom is 0.261 e. The molecule has 4 heteroatoms. The fraction of sp³-hybridized carbons (Fsp3) is 0.500. The minimum atomic E-state index is 0.0285. The third-order valence-electron chi connectivity index (χ3n) is 3.15. The highest BCUT2D eigenvalue weighted by Gasteiger charge is 2.27. The van der Waals surface area contributed by atoms with E-state index < -0.39 is 0 Å². The fourth-order valence-corrected chi connectivity index (χ4v) is 3.08. The summed E-state index contributed by atoms with van der Waals surface area (Å²) in [5.41, 5.74) is 6.40. The minimum absolute atomic E-state index is 0.0285. The zero-order valence-corrected chi connectivity index (χ0v) is 11.6. The Morgan fingerprint density at radius 1 is 1.61 bits per heavy atom. The lowest BCUT2D eigenvalue weighted by molar-refractivity contribution is 0.0900. The highest BCUT2D eigenvalue weighted by molar-refractivity contribution is 7.14. The molecule has 1 aromatic heterocycles. The molecule has 2 rings (SSSR count). The Morgan fingerprint density at radius 2 is 2.33 bits per heavy atom. The van der Waals surface area contributed by atoms with Crippen molar-refractivity contribution in [2.24, 2.45) is 11.7 Å². The van der Waals surface area contributed by atoms with Gasteiger partial charge >= 0.3 is 0 Å². The van der Waals surface area contributed by atoms with Crippen molar-refractivity contribution in [2.45, 2.75) is 32.7 Å². The monoisotopic (exact) mass is 262 g/mol. The first-order valence-electron chi connectivity index (χ1n) is 6.20. The highest BCUT2D eigenvalue weighted by atomic mass is 32.1. The molecule has 0 unspecified atom stereocenters. The van der Waals surface area contributed by atoms with Crippen molar-refractivity contribution < 1.29 is 4.79 Å². The van der Waals surface area contributed by atoms with E-state index in [1.165, 1.54) is 11.3 Å². The van der Waals surface area contributed by atoms with Gasteiger partial charge in [-0.2, -0.15) is 0 Å². The number of rotatable bonds is 2. The Labute approximate surface area is 112 Å². The smallest absolute Gasteiger partial charge is 0.261 e. The number of thiophene rings is 1. The maximum atomic E-state index is 12.0. The van der Waals surface area contributed by atoms with Crippen molar-refractivity contribution in [1.82, 2.24) is 5.32 Å². The lowest BCUT2D eigenvalue weighted by Crippen LogP contribution is -2.43. The lowest BCUT2D eigenvalue weighted by atomic mass is 9.82. The maximum absolute atomic E-state index is 12.0. The van der Waals surface area contributed by atoms with Crippen LogP contribution in [0.1, 0.15) is 39.9 Å². The van der Waals surface area contributed by atoms with Crippen LogP contribution in [0.4, 0.5) is 0 Å². The molecular formula is C14H18N2OS. The molecule has 0 bridgehead atoms. The minimum Gasteiger partial charge on any atom is -0.349 e. The van der Waals surface area contributed by atoms with Crippen LogP contribution in [0.3, 0.4) is 0 Å². The van der Waals surface area contributed by atoms with Gasteiger partial charge in [-0.1, -0.05) is 18.8 Å². The highest BCUT2D eigenvalue weighted by Crippen LogP contribution is 2.27. The zero-order valence-electron chi connectivity index (χ0n) is 10.7. The number of aryl methyl sites for hydroxylation is 1. The average Bonchev–Trinajstić information content (AvgIpc) is 2.66. The summed E-state index contributed by atoms with van der Waals surface area (Å²) in [5.74, 6) is 6.59. The normalized spacial score (nSPS) is 21.7. The lowest BCUT2D eigenvalue weighted by Gasteiger charge is -2.33. The summed E-state index contributed by atoms with van der Waals surface area (Å²) in [6.45, 7) is 4.52. The Hall–Kier alpha value is -1.31. The first-order chi connectivity index (χ1) is 8.60. The first-order valence-corrected chi connectivity index (χ1v) is 7.02. The van der Waals surface area contributed by atoms with Gasteiger partial charge in [0.05, 0.1) is 16.3 Å². The van der Waals surface area contributed by atoms with Crippen LogP contribution in [0.25, 0.3) is 0 Å². The second kappa shape index (κ2) is 5.55. The summed E-state index contributed by atoms with van der Waals surface area (Å²) >= 11 is 1.44. The summed E-state index contributed by atoms with van der Waals surface area (Å²) in [5, 5.41) is 3.06. The summed E-state index contributed by atoms with van der Waals surface area (Å²) < 4.78 is 0. The van der Waals surface area contributed by atoms with Crippen molar-refractivity contribution in [3.8, 4) is 11.8 Å². The molecule has 3 nitrogen and oxygen atoms in total. The van der Waals surface area contributed by atoms with Crippen LogP contribution < -0.4 is 11.1 Å². The molecule has 18 heavy (non-hydrogen) atoms. The fourth-order valence-electron chi connectivity index (χ4n) is 2.13. The molecule has 3 N–H and O–H groups in total. The summed E-state index contributed by atoms with van der Waals surface area (Å²) in [6.07, 6.45) is 2.19. The number of amides is 1. The van der Waals surface area contributed by atoms with Gasteiger partial charge in [-0.05, 0) is 37.3 Å². The van der Waals surface area contributed by atoms with E-state index in [2.05, 4.69) is 24.1 Å². The SMILES string of the molecule is Cc1cc(C(=O)NC2CC(C)C2)sc1C#CCN. The van der Waals surface area contributed by atoms with Gasteiger partial charge in [-0.15, -0.1) is 11.3 Å². The van der Waals surface area contributed by atoms with E-state index in [9.17, 15) is 4.79 Å². The average molecular weight is 262 g/mol. The van der Waals surface area contributed by atoms with Crippen LogP contribution >= 0.6 is 11.3 Å². The van der Waals surface area contributed by atoms with Crippen LogP contribution in [0.5, 0.6) is 0 Å². The number of carbonyl (C=O) groups is 1. The van der Waals surface area contributed by atoms with Gasteiger partial charge in [0.25, 0.3) is 5.91 Å². The van der Waals surface area contributed by atoms with Crippen molar-refractivity contribution in [1.29, 1.82) is 0 Å². The standard InChI is InChI=1S/C14H18N2OS/c1-9-6-11(7-9)16-14(17)13-8-10(2)12(18-13)4-3-5-15/h8-9,11H,5-7,15H2,1-2H3,(H,16,17). The van der Waals surface area contributed by atoms with Crippen molar-refractivity contribution in [2.75, 3.05) is 6.54 Å². The summed E-state index contributed by atoms with van der Waals surface area (Å²) in [6, 6.07) is 2.26. The molecule has 1 amide bonds. The predicted octanol–water partition coefficient (Wildman–Crippen LogP) is 1.90. The molecule has 0 saturated heterocycles. The van der Waals surface area contributed by atoms with E-state index >= 15 is 0 Å². The molecule has 1 aromatic rings. The van der Waals surface area contributed by atoms with Crippen LogP contribution in [0.2, 0.25) is 0 Å². The van der Waals surface area contributed by atoms with Crippen molar-refractivity contribution in [3.63, 3.8) is 0 Å². The molecule has 0 atom stereocenters. The first kappa shape index (κ1) is 13.1. The number of hydrogen-bond donors (Lipinski definition) is 2. The Balaban J connectivity index is 2.02. The van der Waals surface area contributed by atoms with E-state index in [0.29, 0.717) is 12.6 Å². The van der Waals surface area contributed by atoms with E-state index in [0.717, 1.165) is 34.1 Å². The van der Waals surface area contributed by atoms with Gasteiger partial charge in [0.2, 0.25) is 0 Å². The molecule has 0 spiro atoms. The summed E-state index contributed by atoms with van der Waals surface area (Å²) in [4.78, 5) is 13.7. The van der Waals surface area contributed by atoms with Gasteiger partial charge in [0, 0.05) is 6.04 Å². The second-order valence-corrected chi connectivity index (χ2v) is 5.93. The third kappa shape index (κ3) is 2.92. The molecule has 1 saturated carbocycles. The second-order valence-electron chi connectivity index (χ2n) is 4.88. The van der Waals surface area contributed by atoms with E-state index in [1.807, 2.05) is 13.0 Å². The topological polar surface area (TPSA) is 55.1 Å². The van der Waals surface area contributed by atoms with E-state index in [1.54, 1.807) is 0 Å². The molecule has 0 aliphatic heterocycles. The molecule has 96 valence electrons. The Morgan fingerprint density at radius 3 is 2.94 bits per heavy atom. The summed E-state index contributed by atoms with van der Waals surface area (Å²) in [7, 11) is 0. The van der Waals surface area contributed by atoms with Crippen molar-refractivity contribution in [3.05, 3.63) is 21.4 Å². The van der Waals surface area contributed by atoms with Gasteiger partial charge in [0.15, 0.2) is 0 Å². The van der Waals surface area contributed by atoms with Crippen LogP contribution in [-0.4, -0.2) is 18.5 Å². The van der Waals surface area contributed by atoms with Gasteiger partial charge in [0.1, 0.15) is 0 Å². The molecule has 0 aromatic carbocycles. The van der Waals surface area contributed by atoms with Gasteiger partial charge in [-0.25, -0.2) is 0 Å². The van der Waals surface area contributed by atoms with Crippen LogP contribution in [0.15, 0.2) is 6.07 Å². The molecule has 1 heterocycles. The third-order valence-corrected chi connectivity index (χ3v) is 4.31. The zero-order chi connectivity index (χ0) is 13.1. The van der Waals surface area contributed by atoms with Gasteiger partial charge < -0.3 is 11.1 Å². The molecular weight excluding hydrogens is 244 g/mol. The van der Waals surface area contributed by atoms with Crippen molar-refractivity contribution >= 4 is 17.2 Å². The quantitative estimate of drug-likeness (QED) is 0.800. The molecule has 1 fully saturated rings. The van der Waals surface area contributed by atoms with Crippen LogP contribution in [0, 0.1) is 24.7 Å². The van der Waals surface area contributed by atoms with Gasteiger partial charge in [-0.3, -0.25) is 4.79 Å². The Kier molecular flexibility index (Phi) is 4.05.